The lowest BCUT2D eigenvalue weighted by molar-refractivity contribution is 0.636. The van der Waals surface area contributed by atoms with E-state index in [0.717, 1.165) is 23.4 Å². The second-order valence-electron chi connectivity index (χ2n) is 5.20. The number of nitrogens with one attached hydrogen (secondary N) is 1. The van der Waals surface area contributed by atoms with Crippen LogP contribution in [-0.4, -0.2) is 16.5 Å². The van der Waals surface area contributed by atoms with Crippen LogP contribution in [0, 0.1) is 13.8 Å². The quantitative estimate of drug-likeness (QED) is 0.790. The van der Waals surface area contributed by atoms with Crippen LogP contribution in [-0.2, 0) is 0 Å². The number of nitrogens with zero attached hydrogens (tertiary/aromatic N) is 2. The minimum atomic E-state index is 0.202. The normalized spacial score (nSPS) is 12.7. The summed E-state index contributed by atoms with van der Waals surface area (Å²) in [6, 6.07) is 10.9. The van der Waals surface area contributed by atoms with E-state index in [0.29, 0.717) is 0 Å². The highest BCUT2D eigenvalue weighted by Crippen LogP contribution is 2.29. The zero-order chi connectivity index (χ0) is 14.8. The van der Waals surface area contributed by atoms with Crippen LogP contribution in [0.25, 0.3) is 10.9 Å². The van der Waals surface area contributed by atoms with Gasteiger partial charge in [0.05, 0.1) is 22.8 Å². The van der Waals surface area contributed by atoms with Gasteiger partial charge in [-0.2, -0.15) is 0 Å². The molecular weight excluding hydrogens is 278 g/mol. The van der Waals surface area contributed by atoms with Crippen LogP contribution in [0.3, 0.4) is 0 Å². The van der Waals surface area contributed by atoms with E-state index >= 15 is 0 Å². The largest absolute Gasteiger partial charge is 0.306 e. The maximum absolute atomic E-state index is 4.57. The van der Waals surface area contributed by atoms with E-state index in [-0.39, 0.29) is 6.04 Å². The van der Waals surface area contributed by atoms with Crippen molar-refractivity contribution in [3.63, 3.8) is 0 Å². The molecule has 0 aliphatic heterocycles. The van der Waals surface area contributed by atoms with Gasteiger partial charge in [0.2, 0.25) is 0 Å². The van der Waals surface area contributed by atoms with Gasteiger partial charge in [0.25, 0.3) is 0 Å². The molecule has 0 aliphatic rings. The predicted octanol–water partition coefficient (Wildman–Crippen LogP) is 4.01. The van der Waals surface area contributed by atoms with Gasteiger partial charge < -0.3 is 5.32 Å². The fourth-order valence-corrected chi connectivity index (χ4v) is 3.48. The van der Waals surface area contributed by atoms with Crippen molar-refractivity contribution < 1.29 is 0 Å². The zero-order valence-electron chi connectivity index (χ0n) is 12.6. The first-order chi connectivity index (χ1) is 10.2. The second-order valence-corrected chi connectivity index (χ2v) is 6.08. The molecule has 3 rings (SSSR count). The Kier molecular flexibility index (Phi) is 3.99. The summed E-state index contributed by atoms with van der Waals surface area (Å²) < 4.78 is 0. The highest BCUT2D eigenvalue weighted by atomic mass is 32.1. The molecule has 1 atom stereocenters. The lowest BCUT2D eigenvalue weighted by Gasteiger charge is -2.18. The minimum absolute atomic E-state index is 0.202. The highest BCUT2D eigenvalue weighted by Gasteiger charge is 2.17. The maximum Gasteiger partial charge on any atom is 0.0798 e. The molecule has 0 saturated carbocycles. The molecule has 0 fully saturated rings. The Balaban J connectivity index is 2.07. The molecule has 0 amide bonds. The fourth-order valence-electron chi connectivity index (χ4n) is 2.58. The lowest BCUT2D eigenvalue weighted by atomic mass is 10.0. The van der Waals surface area contributed by atoms with Gasteiger partial charge in [-0.15, -0.1) is 11.3 Å². The first-order valence-electron chi connectivity index (χ1n) is 7.19. The summed E-state index contributed by atoms with van der Waals surface area (Å²) in [4.78, 5) is 10.2. The Morgan fingerprint density at radius 3 is 2.76 bits per heavy atom. The number of thiazole rings is 1. The monoisotopic (exact) mass is 297 g/mol. The molecule has 1 aromatic carbocycles. The zero-order valence-corrected chi connectivity index (χ0v) is 13.4. The molecule has 3 aromatic rings. The summed E-state index contributed by atoms with van der Waals surface area (Å²) in [5, 5.41) is 4.75. The van der Waals surface area contributed by atoms with Crippen molar-refractivity contribution in [1.82, 2.24) is 15.3 Å². The van der Waals surface area contributed by atoms with E-state index in [2.05, 4.69) is 59.5 Å². The average molecular weight is 297 g/mol. The van der Waals surface area contributed by atoms with Crippen molar-refractivity contribution in [3.05, 3.63) is 57.7 Å². The van der Waals surface area contributed by atoms with Gasteiger partial charge in [-0.3, -0.25) is 4.98 Å². The van der Waals surface area contributed by atoms with Gasteiger partial charge >= 0.3 is 0 Å². The molecule has 0 bridgehead atoms. The lowest BCUT2D eigenvalue weighted by Crippen LogP contribution is -2.21. The third kappa shape index (κ3) is 2.82. The first-order valence-corrected chi connectivity index (χ1v) is 8.07. The summed E-state index contributed by atoms with van der Waals surface area (Å²) in [6.45, 7) is 7.15. The van der Waals surface area contributed by atoms with Crippen molar-refractivity contribution in [2.75, 3.05) is 6.54 Å². The summed E-state index contributed by atoms with van der Waals surface area (Å²) >= 11 is 1.71. The molecule has 0 radical (unpaired) electrons. The van der Waals surface area contributed by atoms with Crippen LogP contribution in [0.15, 0.2) is 35.8 Å². The second kappa shape index (κ2) is 5.92. The molecule has 1 N–H and O–H groups in total. The Labute approximate surface area is 129 Å². The molecule has 0 saturated heterocycles. The van der Waals surface area contributed by atoms with Gasteiger partial charge in [0, 0.05) is 16.0 Å². The fraction of sp³-hybridized carbons (Fsp3) is 0.294. The van der Waals surface area contributed by atoms with Gasteiger partial charge in [0.1, 0.15) is 0 Å². The predicted molar refractivity (Wildman–Crippen MR) is 88.9 cm³/mol. The minimum Gasteiger partial charge on any atom is -0.306 e. The van der Waals surface area contributed by atoms with Crippen molar-refractivity contribution >= 4 is 22.2 Å². The molecule has 108 valence electrons. The van der Waals surface area contributed by atoms with Crippen molar-refractivity contribution in [1.29, 1.82) is 0 Å². The molecule has 4 heteroatoms. The summed E-state index contributed by atoms with van der Waals surface area (Å²) in [7, 11) is 0. The molecule has 1 unspecified atom stereocenters. The topological polar surface area (TPSA) is 37.8 Å². The smallest absolute Gasteiger partial charge is 0.0798 e. The van der Waals surface area contributed by atoms with E-state index in [1.165, 1.54) is 15.8 Å². The van der Waals surface area contributed by atoms with Crippen LogP contribution >= 0.6 is 11.3 Å². The van der Waals surface area contributed by atoms with E-state index < -0.39 is 0 Å². The molecule has 21 heavy (non-hydrogen) atoms. The van der Waals surface area contributed by atoms with E-state index in [1.807, 2.05) is 12.4 Å². The van der Waals surface area contributed by atoms with Crippen LogP contribution in [0.4, 0.5) is 0 Å². The van der Waals surface area contributed by atoms with Crippen LogP contribution in [0.1, 0.15) is 34.8 Å². The summed E-state index contributed by atoms with van der Waals surface area (Å²) in [5.41, 5.74) is 6.39. The van der Waals surface area contributed by atoms with E-state index in [9.17, 15) is 0 Å². The number of pyridine rings is 1. The Bertz CT molecular complexity index is 764. The molecule has 3 nitrogen and oxygen atoms in total. The number of rotatable bonds is 4. The van der Waals surface area contributed by atoms with Crippen LogP contribution in [0.2, 0.25) is 0 Å². The molecule has 2 aromatic heterocycles. The van der Waals surface area contributed by atoms with Gasteiger partial charge in [-0.1, -0.05) is 19.1 Å². The van der Waals surface area contributed by atoms with E-state index in [1.54, 1.807) is 11.3 Å². The van der Waals surface area contributed by atoms with Crippen molar-refractivity contribution in [2.45, 2.75) is 26.8 Å². The third-order valence-electron chi connectivity index (χ3n) is 3.64. The molecule has 2 heterocycles. The Morgan fingerprint density at radius 1 is 1.19 bits per heavy atom. The van der Waals surface area contributed by atoms with E-state index in [4.69, 9.17) is 0 Å². The molecular formula is C17H19N3S. The number of hydrogen-bond acceptors (Lipinski definition) is 4. The number of fused-ring (bicyclic) bond motifs is 1. The van der Waals surface area contributed by atoms with Gasteiger partial charge in [0.15, 0.2) is 0 Å². The molecule has 0 aliphatic carbocycles. The number of aromatic nitrogens is 2. The van der Waals surface area contributed by atoms with Crippen molar-refractivity contribution in [2.24, 2.45) is 0 Å². The third-order valence-corrected chi connectivity index (χ3v) is 4.63. The number of benzene rings is 1. The van der Waals surface area contributed by atoms with Gasteiger partial charge in [-0.05, 0) is 44.2 Å². The van der Waals surface area contributed by atoms with Crippen molar-refractivity contribution in [3.8, 4) is 0 Å². The van der Waals surface area contributed by atoms with Crippen LogP contribution in [0.5, 0.6) is 0 Å². The summed E-state index contributed by atoms with van der Waals surface area (Å²) in [6.07, 6.45) is 0. The average Bonchev–Trinajstić information content (AvgIpc) is 2.90. The number of aryl methyl sites for hydroxylation is 2. The van der Waals surface area contributed by atoms with Crippen LogP contribution < -0.4 is 5.32 Å². The Morgan fingerprint density at radius 2 is 2.05 bits per heavy atom. The first kappa shape index (κ1) is 14.2. The summed E-state index contributed by atoms with van der Waals surface area (Å²) in [5.74, 6) is 0. The Hall–Kier alpha value is -1.78. The van der Waals surface area contributed by atoms with Gasteiger partial charge in [-0.25, -0.2) is 4.98 Å². The highest BCUT2D eigenvalue weighted by molar-refractivity contribution is 7.09. The molecule has 0 spiro atoms. The number of hydrogen-bond donors (Lipinski definition) is 1. The SMILES string of the molecule is CCNC(c1ccc2nc(C)ccc2c1)c1scnc1C. The maximum atomic E-state index is 4.57. The standard InChI is InChI=1S/C17H19N3S/c1-4-18-16(17-12(3)19-10-21-17)14-7-8-15-13(9-14)6-5-11(2)20-15/h5-10,16,18H,4H2,1-3H3.